The predicted octanol–water partition coefficient (Wildman–Crippen LogP) is 2.74. The Morgan fingerprint density at radius 2 is 1.75 bits per heavy atom. The van der Waals surface area contributed by atoms with E-state index in [4.69, 9.17) is 9.47 Å². The average Bonchev–Trinajstić information content (AvgIpc) is 3.25. The smallest absolute Gasteiger partial charge is 0.257 e. The summed E-state index contributed by atoms with van der Waals surface area (Å²) in [4.78, 5) is 35.0. The molecule has 0 bridgehead atoms. The van der Waals surface area contributed by atoms with Crippen LogP contribution in [0, 0.1) is 6.92 Å². The number of hydrogen-bond acceptors (Lipinski definition) is 6. The summed E-state index contributed by atoms with van der Waals surface area (Å²) in [6, 6.07) is 13.1. The lowest BCUT2D eigenvalue weighted by Gasteiger charge is -2.14. The van der Waals surface area contributed by atoms with E-state index < -0.39 is 0 Å². The number of nitrogens with zero attached hydrogens (tertiary/aromatic N) is 3. The van der Waals surface area contributed by atoms with Gasteiger partial charge in [-0.15, -0.1) is 0 Å². The highest BCUT2D eigenvalue weighted by Crippen LogP contribution is 2.32. The third-order valence-corrected chi connectivity index (χ3v) is 5.06. The molecular formula is C24H24N4O4. The van der Waals surface area contributed by atoms with Crippen molar-refractivity contribution >= 4 is 11.8 Å². The number of amides is 2. The van der Waals surface area contributed by atoms with E-state index in [2.05, 4.69) is 15.3 Å². The molecule has 8 nitrogen and oxygen atoms in total. The number of carbonyl (C=O) groups excluding carboxylic acids is 2. The van der Waals surface area contributed by atoms with Gasteiger partial charge in [-0.2, -0.15) is 0 Å². The summed E-state index contributed by atoms with van der Waals surface area (Å²) >= 11 is 0. The Balaban J connectivity index is 1.41. The first kappa shape index (κ1) is 21.3. The van der Waals surface area contributed by atoms with Gasteiger partial charge in [-0.25, -0.2) is 9.97 Å². The van der Waals surface area contributed by atoms with Crippen LogP contribution in [-0.2, 0) is 17.8 Å². The summed E-state index contributed by atoms with van der Waals surface area (Å²) in [6.45, 7) is 2.40. The van der Waals surface area contributed by atoms with Crippen LogP contribution in [0.25, 0.3) is 11.3 Å². The van der Waals surface area contributed by atoms with Gasteiger partial charge in [0.25, 0.3) is 5.91 Å². The molecule has 32 heavy (non-hydrogen) atoms. The maximum absolute atomic E-state index is 12.5. The van der Waals surface area contributed by atoms with Crippen molar-refractivity contribution in [1.29, 1.82) is 0 Å². The fourth-order valence-electron chi connectivity index (χ4n) is 3.37. The summed E-state index contributed by atoms with van der Waals surface area (Å²) in [7, 11) is 3.39. The summed E-state index contributed by atoms with van der Waals surface area (Å²) in [5.74, 6) is 1.72. The number of nitrogens with one attached hydrogen (secondary N) is 1. The van der Waals surface area contributed by atoms with Crippen molar-refractivity contribution in [2.75, 3.05) is 20.9 Å². The summed E-state index contributed by atoms with van der Waals surface area (Å²) in [6.07, 6.45) is 1.81. The average molecular weight is 432 g/mol. The second-order valence-electron chi connectivity index (χ2n) is 7.72. The maximum Gasteiger partial charge on any atom is 0.257 e. The van der Waals surface area contributed by atoms with Crippen LogP contribution in [0.1, 0.15) is 27.3 Å². The lowest BCUT2D eigenvalue weighted by Crippen LogP contribution is -2.24. The van der Waals surface area contributed by atoms with E-state index in [0.717, 1.165) is 16.7 Å². The number of rotatable bonds is 6. The number of aryl methyl sites for hydroxylation is 1. The van der Waals surface area contributed by atoms with Crippen LogP contribution in [0.3, 0.4) is 0 Å². The molecule has 2 heterocycles. The van der Waals surface area contributed by atoms with E-state index in [1.165, 1.54) is 4.90 Å². The van der Waals surface area contributed by atoms with Crippen molar-refractivity contribution in [1.82, 2.24) is 20.2 Å². The quantitative estimate of drug-likeness (QED) is 0.644. The number of ether oxygens (including phenoxy) is 2. The molecule has 2 amide bonds. The Morgan fingerprint density at radius 3 is 2.50 bits per heavy atom. The highest BCUT2D eigenvalue weighted by atomic mass is 16.7. The van der Waals surface area contributed by atoms with Gasteiger partial charge in [-0.05, 0) is 30.2 Å². The first-order valence-corrected chi connectivity index (χ1v) is 10.2. The van der Waals surface area contributed by atoms with Gasteiger partial charge in [-0.3, -0.25) is 9.59 Å². The maximum atomic E-state index is 12.5. The molecule has 0 spiro atoms. The van der Waals surface area contributed by atoms with Gasteiger partial charge in [-0.1, -0.05) is 30.3 Å². The van der Waals surface area contributed by atoms with Gasteiger partial charge in [0.15, 0.2) is 11.5 Å². The Kier molecular flexibility index (Phi) is 6.02. The Morgan fingerprint density at radius 1 is 1.03 bits per heavy atom. The third kappa shape index (κ3) is 4.69. The summed E-state index contributed by atoms with van der Waals surface area (Å²) < 4.78 is 10.6. The Bertz CT molecular complexity index is 1160. The normalized spacial score (nSPS) is 11.8. The molecule has 0 unspecified atom stereocenters. The molecule has 1 aliphatic rings. The van der Waals surface area contributed by atoms with Crippen LogP contribution in [-0.4, -0.2) is 47.6 Å². The Hall–Kier alpha value is -3.94. The Labute approximate surface area is 186 Å². The minimum Gasteiger partial charge on any atom is -0.454 e. The fraction of sp³-hybridized carbons (Fsp3) is 0.250. The highest BCUT2D eigenvalue weighted by Gasteiger charge is 2.17. The van der Waals surface area contributed by atoms with Crippen molar-refractivity contribution in [3.63, 3.8) is 0 Å². The predicted molar refractivity (Wildman–Crippen MR) is 118 cm³/mol. The standard InChI is InChI=1S/C24H24N4O4/c1-15-25-13-19(24(30)28(2)3)23(27-15)18-7-4-16(5-8-18)12-26-22(29)11-17-6-9-20-21(10-17)32-14-31-20/h4-10,13H,11-12,14H2,1-3H3,(H,26,29). The second kappa shape index (κ2) is 9.05. The van der Waals surface area contributed by atoms with E-state index >= 15 is 0 Å². The van der Waals surface area contributed by atoms with Crippen LogP contribution >= 0.6 is 0 Å². The molecule has 164 valence electrons. The van der Waals surface area contributed by atoms with Crippen LogP contribution in [0.2, 0.25) is 0 Å². The minimum atomic E-state index is -0.153. The van der Waals surface area contributed by atoms with E-state index in [9.17, 15) is 9.59 Å². The highest BCUT2D eigenvalue weighted by molar-refractivity contribution is 5.99. The zero-order valence-corrected chi connectivity index (χ0v) is 18.2. The van der Waals surface area contributed by atoms with Crippen molar-refractivity contribution in [3.05, 3.63) is 71.2 Å². The second-order valence-corrected chi connectivity index (χ2v) is 7.72. The van der Waals surface area contributed by atoms with Gasteiger partial charge >= 0.3 is 0 Å². The molecule has 0 saturated carbocycles. The molecule has 3 aromatic rings. The van der Waals surface area contributed by atoms with Crippen molar-refractivity contribution in [2.45, 2.75) is 19.9 Å². The first-order valence-electron chi connectivity index (χ1n) is 10.2. The molecule has 0 atom stereocenters. The molecule has 0 aliphatic carbocycles. The van der Waals surface area contributed by atoms with Crippen LogP contribution < -0.4 is 14.8 Å². The molecule has 1 aliphatic heterocycles. The molecular weight excluding hydrogens is 408 g/mol. The molecule has 2 aromatic carbocycles. The molecule has 1 N–H and O–H groups in total. The van der Waals surface area contributed by atoms with Gasteiger partial charge < -0.3 is 19.7 Å². The SMILES string of the molecule is Cc1ncc(C(=O)N(C)C)c(-c2ccc(CNC(=O)Cc3ccc4c(c3)OCO4)cc2)n1. The van der Waals surface area contributed by atoms with Gasteiger partial charge in [0.1, 0.15) is 5.82 Å². The van der Waals surface area contributed by atoms with Crippen LogP contribution in [0.15, 0.2) is 48.7 Å². The largest absolute Gasteiger partial charge is 0.454 e. The number of aromatic nitrogens is 2. The van der Waals surface area contributed by atoms with Gasteiger partial charge in [0.05, 0.1) is 17.7 Å². The molecule has 1 aromatic heterocycles. The topological polar surface area (TPSA) is 93.7 Å². The van der Waals surface area contributed by atoms with Crippen LogP contribution in [0.4, 0.5) is 0 Å². The zero-order chi connectivity index (χ0) is 22.7. The van der Waals surface area contributed by atoms with E-state index in [1.807, 2.05) is 42.5 Å². The number of carbonyl (C=O) groups is 2. The summed E-state index contributed by atoms with van der Waals surface area (Å²) in [5, 5.41) is 2.93. The molecule has 0 fully saturated rings. The van der Waals surface area contributed by atoms with Crippen molar-refractivity contribution in [2.24, 2.45) is 0 Å². The van der Waals surface area contributed by atoms with E-state index in [-0.39, 0.29) is 25.0 Å². The number of fused-ring (bicyclic) bond motifs is 1. The summed E-state index contributed by atoms with van der Waals surface area (Å²) in [5.41, 5.74) is 3.66. The van der Waals surface area contributed by atoms with Gasteiger partial charge in [0, 0.05) is 32.4 Å². The van der Waals surface area contributed by atoms with Crippen molar-refractivity contribution in [3.8, 4) is 22.8 Å². The van der Waals surface area contributed by atoms with E-state index in [1.54, 1.807) is 27.2 Å². The third-order valence-electron chi connectivity index (χ3n) is 5.06. The van der Waals surface area contributed by atoms with Crippen molar-refractivity contribution < 1.29 is 19.1 Å². The zero-order valence-electron chi connectivity index (χ0n) is 18.2. The molecule has 0 saturated heterocycles. The lowest BCUT2D eigenvalue weighted by molar-refractivity contribution is -0.120. The van der Waals surface area contributed by atoms with Crippen LogP contribution in [0.5, 0.6) is 11.5 Å². The molecule has 4 rings (SSSR count). The first-order chi connectivity index (χ1) is 15.4. The minimum absolute atomic E-state index is 0.0850. The molecule has 8 heteroatoms. The van der Waals surface area contributed by atoms with E-state index in [0.29, 0.717) is 35.1 Å². The lowest BCUT2D eigenvalue weighted by atomic mass is 10.0. The number of benzene rings is 2. The van der Waals surface area contributed by atoms with Gasteiger partial charge in [0.2, 0.25) is 12.7 Å². The number of hydrogen-bond donors (Lipinski definition) is 1. The monoisotopic (exact) mass is 432 g/mol. The molecule has 0 radical (unpaired) electrons. The fourth-order valence-corrected chi connectivity index (χ4v) is 3.37.